The van der Waals surface area contributed by atoms with E-state index < -0.39 is 5.82 Å². The van der Waals surface area contributed by atoms with Crippen molar-refractivity contribution < 1.29 is 13.9 Å². The highest BCUT2D eigenvalue weighted by Crippen LogP contribution is 2.23. The molecule has 0 unspecified atom stereocenters. The summed E-state index contributed by atoms with van der Waals surface area (Å²) in [6.07, 6.45) is 0. The summed E-state index contributed by atoms with van der Waals surface area (Å²) in [6, 6.07) is 16.1. The van der Waals surface area contributed by atoms with Crippen LogP contribution in [-0.4, -0.2) is 23.2 Å². The molecule has 6 heteroatoms. The van der Waals surface area contributed by atoms with Crippen LogP contribution < -0.4 is 9.64 Å². The molecule has 0 radical (unpaired) electrons. The highest BCUT2D eigenvalue weighted by atomic mass is 19.1. The minimum atomic E-state index is -0.442. The third-order valence-corrected chi connectivity index (χ3v) is 3.60. The van der Waals surface area contributed by atoms with Gasteiger partial charge in [-0.05, 0) is 55.5 Å². The van der Waals surface area contributed by atoms with Crippen LogP contribution in [0.3, 0.4) is 0 Å². The second-order valence-corrected chi connectivity index (χ2v) is 5.48. The number of hydrogen-bond acceptors (Lipinski definition) is 4. The summed E-state index contributed by atoms with van der Waals surface area (Å²) < 4.78 is 18.9. The van der Waals surface area contributed by atoms with Gasteiger partial charge >= 0.3 is 0 Å². The minimum Gasteiger partial charge on any atom is -0.438 e. The number of benzene rings is 2. The number of aryl methyl sites for hydroxylation is 1. The van der Waals surface area contributed by atoms with Gasteiger partial charge < -0.3 is 9.64 Å². The number of amides is 1. The van der Waals surface area contributed by atoms with Gasteiger partial charge in [0.05, 0.1) is 5.69 Å². The third kappa shape index (κ3) is 3.98. The number of rotatable bonds is 4. The van der Waals surface area contributed by atoms with Crippen LogP contribution in [0.25, 0.3) is 0 Å². The van der Waals surface area contributed by atoms with Crippen molar-refractivity contribution in [2.24, 2.45) is 0 Å². The lowest BCUT2D eigenvalue weighted by atomic mass is 10.2. The molecule has 1 amide bonds. The molecule has 0 saturated heterocycles. The van der Waals surface area contributed by atoms with E-state index in [4.69, 9.17) is 4.74 Å². The number of carbonyl (C=O) groups is 1. The fourth-order valence-electron chi connectivity index (χ4n) is 2.23. The summed E-state index contributed by atoms with van der Waals surface area (Å²) in [5.41, 5.74) is 1.76. The fraction of sp³-hybridized carbons (Fsp3) is 0.105. The highest BCUT2D eigenvalue weighted by Gasteiger charge is 2.14. The maximum absolute atomic E-state index is 13.3. The van der Waals surface area contributed by atoms with Crippen LogP contribution in [0.1, 0.15) is 16.1 Å². The Kier molecular flexibility index (Phi) is 4.70. The number of hydrogen-bond donors (Lipinski definition) is 0. The van der Waals surface area contributed by atoms with Crippen LogP contribution in [0.2, 0.25) is 0 Å². The van der Waals surface area contributed by atoms with Crippen LogP contribution in [0.15, 0.2) is 60.7 Å². The Hall–Kier alpha value is -3.28. The predicted molar refractivity (Wildman–Crippen MR) is 92.4 cm³/mol. The fourth-order valence-corrected chi connectivity index (χ4v) is 2.23. The van der Waals surface area contributed by atoms with E-state index in [1.54, 1.807) is 43.4 Å². The zero-order valence-electron chi connectivity index (χ0n) is 13.8. The quantitative estimate of drug-likeness (QED) is 0.722. The largest absolute Gasteiger partial charge is 0.438 e. The van der Waals surface area contributed by atoms with Crippen LogP contribution in [0, 0.1) is 12.7 Å². The molecule has 0 aliphatic heterocycles. The molecule has 25 heavy (non-hydrogen) atoms. The lowest BCUT2D eigenvalue weighted by Crippen LogP contribution is -2.26. The summed E-state index contributed by atoms with van der Waals surface area (Å²) in [5.74, 6) is 0.232. The SMILES string of the molecule is Cc1ccc(Oc2ccc(N(C)C(=O)c3cccc(F)c3)cc2)nn1. The number of aromatic nitrogens is 2. The summed E-state index contributed by atoms with van der Waals surface area (Å²) in [6.45, 7) is 1.84. The topological polar surface area (TPSA) is 55.3 Å². The predicted octanol–water partition coefficient (Wildman–Crippen LogP) is 3.99. The zero-order valence-corrected chi connectivity index (χ0v) is 13.8. The zero-order chi connectivity index (χ0) is 17.8. The van der Waals surface area contributed by atoms with Gasteiger partial charge in [0.25, 0.3) is 5.91 Å². The van der Waals surface area contributed by atoms with Crippen LogP contribution in [0.5, 0.6) is 11.6 Å². The second-order valence-electron chi connectivity index (χ2n) is 5.48. The summed E-state index contributed by atoms with van der Waals surface area (Å²) in [5, 5.41) is 7.86. The van der Waals surface area contributed by atoms with E-state index in [-0.39, 0.29) is 11.5 Å². The molecular formula is C19H16FN3O2. The van der Waals surface area contributed by atoms with Crippen LogP contribution >= 0.6 is 0 Å². The van der Waals surface area contributed by atoms with Crippen molar-refractivity contribution in [3.05, 3.63) is 77.7 Å². The Morgan fingerprint density at radius 3 is 2.44 bits per heavy atom. The normalized spacial score (nSPS) is 10.4. The Bertz CT molecular complexity index is 880. The molecular weight excluding hydrogens is 321 g/mol. The maximum Gasteiger partial charge on any atom is 0.258 e. The molecule has 3 rings (SSSR count). The van der Waals surface area contributed by atoms with E-state index in [0.717, 1.165) is 5.69 Å². The first-order valence-electron chi connectivity index (χ1n) is 7.65. The number of ether oxygens (including phenoxy) is 1. The van der Waals surface area contributed by atoms with E-state index in [1.807, 2.05) is 13.0 Å². The Balaban J connectivity index is 1.73. The average molecular weight is 337 g/mol. The molecule has 126 valence electrons. The number of carbonyl (C=O) groups excluding carboxylic acids is 1. The lowest BCUT2D eigenvalue weighted by Gasteiger charge is -2.17. The number of anilines is 1. The Morgan fingerprint density at radius 1 is 1.04 bits per heavy atom. The van der Waals surface area contributed by atoms with Gasteiger partial charge in [-0.25, -0.2) is 4.39 Å². The first-order chi connectivity index (χ1) is 12.0. The molecule has 2 aromatic carbocycles. The Morgan fingerprint density at radius 2 is 1.80 bits per heavy atom. The minimum absolute atomic E-state index is 0.290. The van der Waals surface area contributed by atoms with E-state index >= 15 is 0 Å². The van der Waals surface area contributed by atoms with Crippen molar-refractivity contribution >= 4 is 11.6 Å². The van der Waals surface area contributed by atoms with Gasteiger partial charge in [0.15, 0.2) is 0 Å². The van der Waals surface area contributed by atoms with Crippen molar-refractivity contribution in [2.75, 3.05) is 11.9 Å². The van der Waals surface area contributed by atoms with Gasteiger partial charge in [-0.15, -0.1) is 5.10 Å². The standard InChI is InChI=1S/C19H16FN3O2/c1-13-6-11-18(22-21-13)25-17-9-7-16(8-10-17)23(2)19(24)14-4-3-5-15(20)12-14/h3-12H,1-2H3. The lowest BCUT2D eigenvalue weighted by molar-refractivity contribution is 0.0992. The van der Waals surface area contributed by atoms with E-state index in [0.29, 0.717) is 17.3 Å². The molecule has 0 atom stereocenters. The van der Waals surface area contributed by atoms with Gasteiger partial charge in [-0.1, -0.05) is 6.07 Å². The number of nitrogens with zero attached hydrogens (tertiary/aromatic N) is 3. The van der Waals surface area contributed by atoms with Crippen LogP contribution in [-0.2, 0) is 0 Å². The van der Waals surface area contributed by atoms with E-state index in [9.17, 15) is 9.18 Å². The van der Waals surface area contributed by atoms with Gasteiger partial charge in [0, 0.05) is 24.4 Å². The molecule has 0 bridgehead atoms. The molecule has 1 heterocycles. The monoisotopic (exact) mass is 337 g/mol. The molecule has 0 saturated carbocycles. The van der Waals surface area contributed by atoms with Crippen molar-refractivity contribution in [1.29, 1.82) is 0 Å². The molecule has 5 nitrogen and oxygen atoms in total. The molecule has 0 N–H and O–H groups in total. The second kappa shape index (κ2) is 7.09. The van der Waals surface area contributed by atoms with Crippen molar-refractivity contribution in [3.8, 4) is 11.6 Å². The highest BCUT2D eigenvalue weighted by molar-refractivity contribution is 6.05. The van der Waals surface area contributed by atoms with Gasteiger partial charge in [0.1, 0.15) is 11.6 Å². The van der Waals surface area contributed by atoms with Crippen molar-refractivity contribution in [1.82, 2.24) is 10.2 Å². The van der Waals surface area contributed by atoms with Gasteiger partial charge in [-0.2, -0.15) is 5.10 Å². The smallest absolute Gasteiger partial charge is 0.258 e. The molecule has 0 fully saturated rings. The summed E-state index contributed by atoms with van der Waals surface area (Å²) in [4.78, 5) is 13.9. The molecule has 0 aliphatic carbocycles. The van der Waals surface area contributed by atoms with Gasteiger partial charge in [0.2, 0.25) is 5.88 Å². The molecule has 0 aliphatic rings. The first-order valence-corrected chi connectivity index (χ1v) is 7.65. The third-order valence-electron chi connectivity index (χ3n) is 3.60. The van der Waals surface area contributed by atoms with Crippen molar-refractivity contribution in [3.63, 3.8) is 0 Å². The maximum atomic E-state index is 13.3. The molecule has 1 aromatic heterocycles. The van der Waals surface area contributed by atoms with E-state index in [2.05, 4.69) is 10.2 Å². The van der Waals surface area contributed by atoms with E-state index in [1.165, 1.54) is 23.1 Å². The average Bonchev–Trinajstić information content (AvgIpc) is 2.63. The first kappa shape index (κ1) is 16.6. The number of halogens is 1. The van der Waals surface area contributed by atoms with Gasteiger partial charge in [-0.3, -0.25) is 4.79 Å². The molecule has 0 spiro atoms. The van der Waals surface area contributed by atoms with Crippen molar-refractivity contribution in [2.45, 2.75) is 6.92 Å². The molecule has 3 aromatic rings. The summed E-state index contributed by atoms with van der Waals surface area (Å²) >= 11 is 0. The summed E-state index contributed by atoms with van der Waals surface area (Å²) in [7, 11) is 1.63. The van der Waals surface area contributed by atoms with Crippen LogP contribution in [0.4, 0.5) is 10.1 Å². The Labute approximate surface area is 144 Å².